The predicted molar refractivity (Wildman–Crippen MR) is 106 cm³/mol. The minimum atomic E-state index is 0.486. The first-order chi connectivity index (χ1) is 13.4. The molecule has 0 spiro atoms. The summed E-state index contributed by atoms with van der Waals surface area (Å²) < 4.78 is 2.23. The topological polar surface area (TPSA) is 52.5 Å². The molecule has 1 atom stereocenters. The zero-order chi connectivity index (χ0) is 18.5. The van der Waals surface area contributed by atoms with E-state index in [9.17, 15) is 0 Å². The standard InChI is InChI=1S/C21H38N6/c1-2-9-20(21-22-23-24-27(21)19-12-7-4-8-13-19)26-16-14-25(15-17-26)18-10-5-3-6-11-18/h18-20H,2-17H2,1H3/p+2/t20-/m1/s1. The molecule has 1 aliphatic heterocycles. The van der Waals surface area contributed by atoms with Gasteiger partial charge in [0.25, 0.3) is 0 Å². The van der Waals surface area contributed by atoms with Crippen LogP contribution in [0.5, 0.6) is 0 Å². The van der Waals surface area contributed by atoms with E-state index in [1.807, 2.05) is 4.90 Å². The number of piperazine rings is 1. The molecule has 2 N–H and O–H groups in total. The van der Waals surface area contributed by atoms with Crippen molar-refractivity contribution in [2.75, 3.05) is 26.2 Å². The van der Waals surface area contributed by atoms with Crippen LogP contribution in [0.2, 0.25) is 0 Å². The van der Waals surface area contributed by atoms with Crippen LogP contribution in [0.4, 0.5) is 0 Å². The van der Waals surface area contributed by atoms with E-state index in [-0.39, 0.29) is 0 Å². The molecule has 1 saturated heterocycles. The van der Waals surface area contributed by atoms with Gasteiger partial charge in [0.1, 0.15) is 32.2 Å². The highest BCUT2D eigenvalue weighted by Gasteiger charge is 2.37. The third kappa shape index (κ3) is 4.53. The lowest BCUT2D eigenvalue weighted by molar-refractivity contribution is -1.04. The van der Waals surface area contributed by atoms with Gasteiger partial charge >= 0.3 is 0 Å². The van der Waals surface area contributed by atoms with E-state index in [0.29, 0.717) is 12.1 Å². The fraction of sp³-hybridized carbons (Fsp3) is 0.952. The van der Waals surface area contributed by atoms with Crippen molar-refractivity contribution in [1.82, 2.24) is 20.2 Å². The van der Waals surface area contributed by atoms with Crippen LogP contribution in [0.15, 0.2) is 0 Å². The summed E-state index contributed by atoms with van der Waals surface area (Å²) in [7, 11) is 0. The number of quaternary nitrogens is 2. The van der Waals surface area contributed by atoms with Crippen LogP contribution in [0, 0.1) is 0 Å². The molecule has 6 heteroatoms. The molecule has 6 nitrogen and oxygen atoms in total. The molecule has 1 aromatic heterocycles. The van der Waals surface area contributed by atoms with Crippen molar-refractivity contribution in [1.29, 1.82) is 0 Å². The first-order valence-corrected chi connectivity index (χ1v) is 11.8. The molecule has 0 aromatic carbocycles. The minimum absolute atomic E-state index is 0.486. The van der Waals surface area contributed by atoms with Crippen molar-refractivity contribution >= 4 is 0 Å². The second-order valence-corrected chi connectivity index (χ2v) is 9.27. The van der Waals surface area contributed by atoms with E-state index in [1.54, 1.807) is 4.90 Å². The molecule has 0 bridgehead atoms. The van der Waals surface area contributed by atoms with Crippen molar-refractivity contribution < 1.29 is 9.80 Å². The third-order valence-electron chi connectivity index (χ3n) is 7.54. The summed E-state index contributed by atoms with van der Waals surface area (Å²) >= 11 is 0. The highest BCUT2D eigenvalue weighted by atomic mass is 15.6. The average molecular weight is 377 g/mol. The first kappa shape index (κ1) is 19.3. The maximum absolute atomic E-state index is 4.57. The minimum Gasteiger partial charge on any atom is -0.323 e. The summed E-state index contributed by atoms with van der Waals surface area (Å²) in [4.78, 5) is 3.63. The van der Waals surface area contributed by atoms with Gasteiger partial charge < -0.3 is 9.80 Å². The smallest absolute Gasteiger partial charge is 0.209 e. The van der Waals surface area contributed by atoms with Gasteiger partial charge in [0.15, 0.2) is 0 Å². The van der Waals surface area contributed by atoms with Gasteiger partial charge in [-0.1, -0.05) is 39.0 Å². The summed E-state index contributed by atoms with van der Waals surface area (Å²) in [5.74, 6) is 1.18. The second-order valence-electron chi connectivity index (χ2n) is 9.27. The number of nitrogens with one attached hydrogen (secondary N) is 2. The van der Waals surface area contributed by atoms with Gasteiger partial charge in [0.05, 0.1) is 12.1 Å². The Bertz CT molecular complexity index is 553. The number of hydrogen-bond donors (Lipinski definition) is 2. The Kier molecular flexibility index (Phi) is 6.77. The molecule has 2 aliphatic carbocycles. The van der Waals surface area contributed by atoms with Crippen molar-refractivity contribution in [2.24, 2.45) is 0 Å². The second kappa shape index (κ2) is 9.46. The van der Waals surface area contributed by atoms with Gasteiger partial charge in [-0.05, 0) is 49.0 Å². The lowest BCUT2D eigenvalue weighted by Crippen LogP contribution is -3.29. The summed E-state index contributed by atoms with van der Waals surface area (Å²) in [6.07, 6.45) is 16.3. The van der Waals surface area contributed by atoms with Crippen molar-refractivity contribution in [2.45, 2.75) is 102 Å². The van der Waals surface area contributed by atoms with E-state index in [2.05, 4.69) is 27.1 Å². The summed E-state index contributed by atoms with van der Waals surface area (Å²) in [5.41, 5.74) is 0. The normalized spacial score (nSPS) is 29.7. The number of rotatable bonds is 6. The predicted octanol–water partition coefficient (Wildman–Crippen LogP) is 1.14. The Labute approximate surface area is 164 Å². The molecule has 27 heavy (non-hydrogen) atoms. The highest BCUT2D eigenvalue weighted by Crippen LogP contribution is 2.29. The Morgan fingerprint density at radius 3 is 2.26 bits per heavy atom. The summed E-state index contributed by atoms with van der Waals surface area (Å²) in [6, 6.07) is 1.97. The maximum Gasteiger partial charge on any atom is 0.209 e. The number of nitrogens with zero attached hydrogens (tertiary/aromatic N) is 4. The quantitative estimate of drug-likeness (QED) is 0.783. The third-order valence-corrected chi connectivity index (χ3v) is 7.54. The summed E-state index contributed by atoms with van der Waals surface area (Å²) in [5, 5.41) is 13.2. The van der Waals surface area contributed by atoms with Crippen LogP contribution in [0.25, 0.3) is 0 Å². The lowest BCUT2D eigenvalue weighted by Gasteiger charge is -2.38. The van der Waals surface area contributed by atoms with E-state index < -0.39 is 0 Å². The van der Waals surface area contributed by atoms with E-state index in [1.165, 1.54) is 109 Å². The molecule has 0 radical (unpaired) electrons. The van der Waals surface area contributed by atoms with Gasteiger partial charge in [-0.25, -0.2) is 4.68 Å². The molecular formula is C21H40N6+2. The number of aromatic nitrogens is 4. The number of tetrazole rings is 1. The van der Waals surface area contributed by atoms with Crippen molar-refractivity contribution in [3.63, 3.8) is 0 Å². The monoisotopic (exact) mass is 376 g/mol. The largest absolute Gasteiger partial charge is 0.323 e. The van der Waals surface area contributed by atoms with Gasteiger partial charge in [-0.3, -0.25) is 0 Å². The van der Waals surface area contributed by atoms with Gasteiger partial charge in [-0.15, -0.1) is 5.10 Å². The SMILES string of the molecule is CCC[C@H](c1nnnn1C1CCCCC1)[NH+]1CC[NH+](C2CCCCC2)CC1. The first-order valence-electron chi connectivity index (χ1n) is 11.8. The fourth-order valence-electron chi connectivity index (χ4n) is 5.98. The molecule has 0 amide bonds. The van der Waals surface area contributed by atoms with E-state index in [0.717, 1.165) is 6.04 Å². The van der Waals surface area contributed by atoms with Crippen molar-refractivity contribution in [3.8, 4) is 0 Å². The molecule has 3 aliphatic rings. The molecule has 4 rings (SSSR count). The van der Waals surface area contributed by atoms with E-state index >= 15 is 0 Å². The van der Waals surface area contributed by atoms with Crippen LogP contribution in [-0.4, -0.2) is 52.4 Å². The van der Waals surface area contributed by atoms with Crippen LogP contribution in [0.1, 0.15) is 102 Å². The van der Waals surface area contributed by atoms with E-state index in [4.69, 9.17) is 0 Å². The van der Waals surface area contributed by atoms with Crippen LogP contribution < -0.4 is 9.80 Å². The molecule has 1 aromatic rings. The van der Waals surface area contributed by atoms with Crippen LogP contribution >= 0.6 is 0 Å². The Morgan fingerprint density at radius 2 is 1.59 bits per heavy atom. The molecule has 3 fully saturated rings. The maximum atomic E-state index is 4.57. The molecular weight excluding hydrogens is 336 g/mol. The zero-order valence-corrected chi connectivity index (χ0v) is 17.3. The Balaban J connectivity index is 1.42. The Morgan fingerprint density at radius 1 is 0.926 bits per heavy atom. The molecule has 2 heterocycles. The fourth-order valence-corrected chi connectivity index (χ4v) is 5.98. The van der Waals surface area contributed by atoms with Crippen LogP contribution in [0.3, 0.4) is 0 Å². The van der Waals surface area contributed by atoms with Gasteiger partial charge in [0.2, 0.25) is 5.82 Å². The highest BCUT2D eigenvalue weighted by molar-refractivity contribution is 4.91. The van der Waals surface area contributed by atoms with Gasteiger partial charge in [-0.2, -0.15) is 0 Å². The average Bonchev–Trinajstić information content (AvgIpc) is 3.23. The lowest BCUT2D eigenvalue weighted by atomic mass is 9.93. The Hall–Kier alpha value is -1.01. The van der Waals surface area contributed by atoms with Gasteiger partial charge in [0, 0.05) is 6.42 Å². The van der Waals surface area contributed by atoms with Crippen LogP contribution in [-0.2, 0) is 0 Å². The van der Waals surface area contributed by atoms with Crippen molar-refractivity contribution in [3.05, 3.63) is 5.82 Å². The number of hydrogen-bond acceptors (Lipinski definition) is 3. The summed E-state index contributed by atoms with van der Waals surface area (Å²) in [6.45, 7) is 7.56. The molecule has 2 saturated carbocycles. The zero-order valence-electron chi connectivity index (χ0n) is 17.3. The molecule has 0 unspecified atom stereocenters. The molecule has 152 valence electrons.